The van der Waals surface area contributed by atoms with Crippen molar-refractivity contribution in [2.45, 2.75) is 6.92 Å². The van der Waals surface area contributed by atoms with E-state index in [4.69, 9.17) is 0 Å². The van der Waals surface area contributed by atoms with Gasteiger partial charge in [0.05, 0.1) is 0 Å². The normalized spacial score (nSPS) is 10.6. The van der Waals surface area contributed by atoms with Crippen molar-refractivity contribution in [1.82, 2.24) is 14.7 Å². The van der Waals surface area contributed by atoms with Crippen LogP contribution >= 0.6 is 11.3 Å². The second-order valence-corrected chi connectivity index (χ2v) is 3.65. The van der Waals surface area contributed by atoms with Gasteiger partial charge in [0.1, 0.15) is 4.88 Å². The van der Waals surface area contributed by atoms with Crippen molar-refractivity contribution in [2.75, 3.05) is 7.05 Å². The van der Waals surface area contributed by atoms with Gasteiger partial charge in [-0.1, -0.05) is 11.3 Å². The predicted molar refractivity (Wildman–Crippen MR) is 51.2 cm³/mol. The first-order valence-corrected chi connectivity index (χ1v) is 4.70. The molecule has 2 aromatic heterocycles. The molecule has 0 fully saturated rings. The maximum atomic E-state index is 11.4. The fraction of sp³-hybridized carbons (Fsp3) is 0.250. The maximum absolute atomic E-state index is 11.4. The molecule has 0 aliphatic rings. The number of carbonyl (C=O) groups is 1. The van der Waals surface area contributed by atoms with Crippen LogP contribution in [0, 0.1) is 6.92 Å². The Bertz CT molecular complexity index is 457. The Morgan fingerprint density at radius 2 is 2.46 bits per heavy atom. The molecule has 4 nitrogen and oxygen atoms in total. The van der Waals surface area contributed by atoms with Gasteiger partial charge in [0.2, 0.25) is 0 Å². The summed E-state index contributed by atoms with van der Waals surface area (Å²) in [6, 6.07) is 0. The van der Waals surface area contributed by atoms with E-state index in [-0.39, 0.29) is 5.91 Å². The molecule has 2 aromatic rings. The average molecular weight is 195 g/mol. The number of thiazole rings is 1. The van der Waals surface area contributed by atoms with Gasteiger partial charge in [0, 0.05) is 25.1 Å². The third-order valence-electron chi connectivity index (χ3n) is 1.92. The van der Waals surface area contributed by atoms with Crippen molar-refractivity contribution in [1.29, 1.82) is 0 Å². The van der Waals surface area contributed by atoms with Gasteiger partial charge >= 0.3 is 0 Å². The van der Waals surface area contributed by atoms with E-state index in [1.54, 1.807) is 13.2 Å². The molecule has 0 atom stereocenters. The first-order valence-electron chi connectivity index (χ1n) is 3.88. The van der Waals surface area contributed by atoms with E-state index in [0.29, 0.717) is 0 Å². The third-order valence-corrected chi connectivity index (χ3v) is 3.09. The van der Waals surface area contributed by atoms with Crippen molar-refractivity contribution < 1.29 is 4.79 Å². The summed E-state index contributed by atoms with van der Waals surface area (Å²) >= 11 is 1.40. The van der Waals surface area contributed by atoms with Crippen LogP contribution in [0.25, 0.3) is 4.96 Å². The number of aryl methyl sites for hydroxylation is 1. The van der Waals surface area contributed by atoms with E-state index in [2.05, 4.69) is 10.3 Å². The second-order valence-electron chi connectivity index (χ2n) is 2.68. The predicted octanol–water partition coefficient (Wildman–Crippen LogP) is 1.06. The van der Waals surface area contributed by atoms with Crippen molar-refractivity contribution >= 4 is 22.2 Å². The van der Waals surface area contributed by atoms with Gasteiger partial charge in [-0.05, 0) is 6.92 Å². The number of carbonyl (C=O) groups excluding carboxylic acids is 1. The quantitative estimate of drug-likeness (QED) is 0.739. The van der Waals surface area contributed by atoms with E-state index in [9.17, 15) is 4.79 Å². The monoisotopic (exact) mass is 195 g/mol. The molecule has 0 unspecified atom stereocenters. The Morgan fingerprint density at radius 1 is 1.69 bits per heavy atom. The van der Waals surface area contributed by atoms with E-state index >= 15 is 0 Å². The molecular formula is C8H9N3OS. The van der Waals surface area contributed by atoms with E-state index in [1.165, 1.54) is 11.3 Å². The van der Waals surface area contributed by atoms with Crippen LogP contribution in [0.15, 0.2) is 12.4 Å². The molecule has 1 N–H and O–H groups in total. The zero-order valence-corrected chi connectivity index (χ0v) is 8.18. The summed E-state index contributed by atoms with van der Waals surface area (Å²) in [6.07, 6.45) is 3.58. The van der Waals surface area contributed by atoms with Crippen molar-refractivity contribution in [3.05, 3.63) is 23.0 Å². The number of nitrogens with zero attached hydrogens (tertiary/aromatic N) is 2. The molecule has 68 valence electrons. The van der Waals surface area contributed by atoms with Crippen LogP contribution in [0.3, 0.4) is 0 Å². The number of imidazole rings is 1. The average Bonchev–Trinajstić information content (AvgIpc) is 2.68. The number of rotatable bonds is 1. The fourth-order valence-electron chi connectivity index (χ4n) is 1.22. The number of hydrogen-bond donors (Lipinski definition) is 1. The lowest BCUT2D eigenvalue weighted by Gasteiger charge is -1.95. The minimum atomic E-state index is -0.0481. The molecule has 1 amide bonds. The molecule has 13 heavy (non-hydrogen) atoms. The van der Waals surface area contributed by atoms with E-state index in [0.717, 1.165) is 15.5 Å². The number of fused-ring (bicyclic) bond motifs is 1. The van der Waals surface area contributed by atoms with Gasteiger partial charge in [-0.3, -0.25) is 9.20 Å². The molecule has 0 spiro atoms. The summed E-state index contributed by atoms with van der Waals surface area (Å²) in [7, 11) is 1.63. The Labute approximate surface area is 79.2 Å². The van der Waals surface area contributed by atoms with Crippen LogP contribution in [0.4, 0.5) is 0 Å². The molecule has 2 heterocycles. The fourth-order valence-corrected chi connectivity index (χ4v) is 2.25. The highest BCUT2D eigenvalue weighted by molar-refractivity contribution is 7.19. The van der Waals surface area contributed by atoms with Gasteiger partial charge in [0.25, 0.3) is 5.91 Å². The molecule has 0 aromatic carbocycles. The smallest absolute Gasteiger partial charge is 0.263 e. The van der Waals surface area contributed by atoms with Gasteiger partial charge < -0.3 is 5.32 Å². The number of hydrogen-bond acceptors (Lipinski definition) is 3. The van der Waals surface area contributed by atoms with Crippen LogP contribution in [0.2, 0.25) is 0 Å². The number of aromatic nitrogens is 2. The third kappa shape index (κ3) is 1.12. The standard InChI is InChI=1S/C8H9N3OS/c1-5-6(7(12)9-2)13-8-10-3-4-11(5)8/h3-4H,1-2H3,(H,9,12). The largest absolute Gasteiger partial charge is 0.354 e. The molecule has 5 heteroatoms. The lowest BCUT2D eigenvalue weighted by atomic mass is 10.4. The minimum absolute atomic E-state index is 0.0481. The highest BCUT2D eigenvalue weighted by Crippen LogP contribution is 2.20. The summed E-state index contributed by atoms with van der Waals surface area (Å²) in [5.41, 5.74) is 0.942. The summed E-state index contributed by atoms with van der Waals surface area (Å²) in [5.74, 6) is -0.0481. The van der Waals surface area contributed by atoms with Gasteiger partial charge in [0.15, 0.2) is 4.96 Å². The Hall–Kier alpha value is -1.36. The maximum Gasteiger partial charge on any atom is 0.263 e. The molecule has 0 saturated carbocycles. The molecular weight excluding hydrogens is 186 g/mol. The highest BCUT2D eigenvalue weighted by Gasteiger charge is 2.13. The molecule has 0 bridgehead atoms. The van der Waals surface area contributed by atoms with Crippen LogP contribution in [-0.4, -0.2) is 22.3 Å². The number of nitrogens with one attached hydrogen (secondary N) is 1. The Morgan fingerprint density at radius 3 is 3.08 bits per heavy atom. The van der Waals surface area contributed by atoms with Crippen molar-refractivity contribution in [3.8, 4) is 0 Å². The topological polar surface area (TPSA) is 46.4 Å². The van der Waals surface area contributed by atoms with Crippen LogP contribution in [-0.2, 0) is 0 Å². The summed E-state index contributed by atoms with van der Waals surface area (Å²) < 4.78 is 1.91. The van der Waals surface area contributed by atoms with Crippen molar-refractivity contribution in [2.24, 2.45) is 0 Å². The summed E-state index contributed by atoms with van der Waals surface area (Å²) in [4.78, 5) is 17.1. The van der Waals surface area contributed by atoms with Crippen LogP contribution in [0.1, 0.15) is 15.4 Å². The molecule has 2 rings (SSSR count). The zero-order valence-electron chi connectivity index (χ0n) is 7.37. The first kappa shape index (κ1) is 8.25. The van der Waals surface area contributed by atoms with Crippen LogP contribution in [0.5, 0.6) is 0 Å². The second kappa shape index (κ2) is 2.85. The van der Waals surface area contributed by atoms with E-state index in [1.807, 2.05) is 17.5 Å². The van der Waals surface area contributed by atoms with Gasteiger partial charge in [-0.25, -0.2) is 4.98 Å². The highest BCUT2D eigenvalue weighted by atomic mass is 32.1. The molecule has 0 radical (unpaired) electrons. The van der Waals surface area contributed by atoms with Crippen molar-refractivity contribution in [3.63, 3.8) is 0 Å². The van der Waals surface area contributed by atoms with Crippen LogP contribution < -0.4 is 5.32 Å². The molecule has 0 aliphatic carbocycles. The number of amides is 1. The Kier molecular flexibility index (Phi) is 1.81. The lowest BCUT2D eigenvalue weighted by Crippen LogP contribution is -2.17. The molecule has 0 saturated heterocycles. The summed E-state index contributed by atoms with van der Waals surface area (Å²) in [6.45, 7) is 1.91. The summed E-state index contributed by atoms with van der Waals surface area (Å²) in [5, 5.41) is 2.60. The van der Waals surface area contributed by atoms with Gasteiger partial charge in [-0.15, -0.1) is 0 Å². The Balaban J connectivity index is 2.64. The SMILES string of the molecule is CNC(=O)c1sc2nccn2c1C. The zero-order chi connectivity index (χ0) is 9.42. The van der Waals surface area contributed by atoms with E-state index < -0.39 is 0 Å². The first-order chi connectivity index (χ1) is 6.24. The lowest BCUT2D eigenvalue weighted by molar-refractivity contribution is 0.0966. The molecule has 0 aliphatic heterocycles. The van der Waals surface area contributed by atoms with Gasteiger partial charge in [-0.2, -0.15) is 0 Å². The minimum Gasteiger partial charge on any atom is -0.354 e.